The molecule has 1 aromatic heterocycles. The number of rotatable bonds is 4. The van der Waals surface area contributed by atoms with Crippen LogP contribution in [0.1, 0.15) is 19.6 Å². The first-order valence-corrected chi connectivity index (χ1v) is 5.14. The summed E-state index contributed by atoms with van der Waals surface area (Å²) in [5.41, 5.74) is 0.608. The molecule has 0 N–H and O–H groups in total. The summed E-state index contributed by atoms with van der Waals surface area (Å²) in [7, 11) is 0. The van der Waals surface area contributed by atoms with Gasteiger partial charge in [0.25, 0.3) is 0 Å². The van der Waals surface area contributed by atoms with E-state index in [1.54, 1.807) is 32.3 Å². The van der Waals surface area contributed by atoms with Gasteiger partial charge in [-0.25, -0.2) is 4.79 Å². The van der Waals surface area contributed by atoms with Crippen LogP contribution in [0.2, 0.25) is 0 Å². The molecule has 0 radical (unpaired) electrons. The maximum Gasteiger partial charge on any atom is 0.345 e. The number of furan rings is 1. The van der Waals surface area contributed by atoms with Crippen molar-refractivity contribution in [2.75, 3.05) is 0 Å². The Kier molecular flexibility index (Phi) is 4.32. The molecule has 0 amide bonds. The van der Waals surface area contributed by atoms with E-state index < -0.39 is 0 Å². The first-order valence-electron chi connectivity index (χ1n) is 4.23. The summed E-state index contributed by atoms with van der Waals surface area (Å²) >= 11 is 1.08. The number of hydrogen-bond acceptors (Lipinski definition) is 4. The van der Waals surface area contributed by atoms with E-state index in [4.69, 9.17) is 8.60 Å². The number of carbonyl (C=O) groups is 1. The number of allylic oxidation sites excluding steroid dienone is 1. The monoisotopic (exact) mass is 212 g/mol. The van der Waals surface area contributed by atoms with Crippen LogP contribution >= 0.6 is 12.0 Å². The summed E-state index contributed by atoms with van der Waals surface area (Å²) in [6.07, 6.45) is 3.31. The van der Waals surface area contributed by atoms with Gasteiger partial charge in [-0.1, -0.05) is 6.08 Å². The summed E-state index contributed by atoms with van der Waals surface area (Å²) < 4.78 is 9.99. The van der Waals surface area contributed by atoms with Gasteiger partial charge in [-0.05, 0) is 26.0 Å². The van der Waals surface area contributed by atoms with Crippen molar-refractivity contribution in [1.82, 2.24) is 0 Å². The SMILES string of the molecule is CC=C(C)C(=O)OSCc1ccco1. The molecule has 0 aliphatic heterocycles. The molecule has 0 aliphatic carbocycles. The van der Waals surface area contributed by atoms with Crippen LogP contribution in [0.3, 0.4) is 0 Å². The van der Waals surface area contributed by atoms with Crippen molar-refractivity contribution in [2.45, 2.75) is 19.6 Å². The fraction of sp³-hybridized carbons (Fsp3) is 0.300. The summed E-state index contributed by atoms with van der Waals surface area (Å²) in [4.78, 5) is 11.2. The zero-order chi connectivity index (χ0) is 10.4. The van der Waals surface area contributed by atoms with Crippen LogP contribution < -0.4 is 0 Å². The predicted octanol–water partition coefficient (Wildman–Crippen LogP) is 2.94. The van der Waals surface area contributed by atoms with Crippen molar-refractivity contribution in [3.63, 3.8) is 0 Å². The maximum absolute atomic E-state index is 11.2. The van der Waals surface area contributed by atoms with Gasteiger partial charge in [-0.2, -0.15) is 0 Å². The minimum atomic E-state index is -0.302. The Hall–Kier alpha value is -1.16. The molecule has 1 aromatic rings. The molecule has 0 saturated heterocycles. The topological polar surface area (TPSA) is 39.4 Å². The molecular weight excluding hydrogens is 200 g/mol. The lowest BCUT2D eigenvalue weighted by molar-refractivity contribution is -0.128. The van der Waals surface area contributed by atoms with Gasteiger partial charge in [-0.15, -0.1) is 0 Å². The van der Waals surface area contributed by atoms with E-state index >= 15 is 0 Å². The highest BCUT2D eigenvalue weighted by Gasteiger charge is 2.05. The summed E-state index contributed by atoms with van der Waals surface area (Å²) in [6, 6.07) is 3.64. The van der Waals surface area contributed by atoms with Gasteiger partial charge in [0.2, 0.25) is 0 Å². The van der Waals surface area contributed by atoms with Crippen molar-refractivity contribution >= 4 is 18.0 Å². The Balaban J connectivity index is 2.25. The van der Waals surface area contributed by atoms with Crippen molar-refractivity contribution in [1.29, 1.82) is 0 Å². The van der Waals surface area contributed by atoms with Crippen molar-refractivity contribution in [3.05, 3.63) is 35.8 Å². The highest BCUT2D eigenvalue weighted by atomic mass is 32.2. The summed E-state index contributed by atoms with van der Waals surface area (Å²) in [5, 5.41) is 0. The van der Waals surface area contributed by atoms with Gasteiger partial charge in [0.15, 0.2) is 0 Å². The summed E-state index contributed by atoms with van der Waals surface area (Å²) in [5.74, 6) is 1.03. The maximum atomic E-state index is 11.2. The molecule has 0 bridgehead atoms. The fourth-order valence-corrected chi connectivity index (χ4v) is 1.30. The molecule has 1 rings (SSSR count). The van der Waals surface area contributed by atoms with Gasteiger partial charge in [0.05, 0.1) is 24.1 Å². The standard InChI is InChI=1S/C10H12O3S/c1-3-8(2)10(11)13-14-7-9-5-4-6-12-9/h3-6H,7H2,1-2H3. The van der Waals surface area contributed by atoms with Crippen molar-refractivity contribution < 1.29 is 13.4 Å². The smallest absolute Gasteiger partial charge is 0.345 e. The lowest BCUT2D eigenvalue weighted by Crippen LogP contribution is -1.99. The van der Waals surface area contributed by atoms with E-state index in [-0.39, 0.29) is 5.97 Å². The van der Waals surface area contributed by atoms with Gasteiger partial charge in [0, 0.05) is 5.57 Å². The highest BCUT2D eigenvalue weighted by molar-refractivity contribution is 7.94. The van der Waals surface area contributed by atoms with Crippen LogP contribution in [0.15, 0.2) is 34.5 Å². The van der Waals surface area contributed by atoms with E-state index in [1.807, 2.05) is 6.07 Å². The predicted molar refractivity (Wildman–Crippen MR) is 55.5 cm³/mol. The van der Waals surface area contributed by atoms with Crippen LogP contribution in [0.4, 0.5) is 0 Å². The molecule has 0 aliphatic rings. The minimum Gasteiger partial charge on any atom is -0.468 e. The normalized spacial score (nSPS) is 11.4. The van der Waals surface area contributed by atoms with Crippen LogP contribution in [-0.4, -0.2) is 5.97 Å². The quantitative estimate of drug-likeness (QED) is 0.568. The Labute approximate surface area is 87.3 Å². The zero-order valence-electron chi connectivity index (χ0n) is 8.15. The largest absolute Gasteiger partial charge is 0.468 e. The molecule has 14 heavy (non-hydrogen) atoms. The Morgan fingerprint density at radius 1 is 1.71 bits per heavy atom. The molecule has 0 atom stereocenters. The van der Waals surface area contributed by atoms with Crippen LogP contribution in [0.25, 0.3) is 0 Å². The molecule has 0 saturated carbocycles. The average Bonchev–Trinajstić information content (AvgIpc) is 2.69. The molecular formula is C10H12O3S. The van der Waals surface area contributed by atoms with E-state index in [2.05, 4.69) is 0 Å². The van der Waals surface area contributed by atoms with Crippen LogP contribution in [0.5, 0.6) is 0 Å². The van der Waals surface area contributed by atoms with Crippen molar-refractivity contribution in [3.8, 4) is 0 Å². The van der Waals surface area contributed by atoms with E-state index in [1.165, 1.54) is 0 Å². The van der Waals surface area contributed by atoms with Crippen LogP contribution in [0, 0.1) is 0 Å². The zero-order valence-corrected chi connectivity index (χ0v) is 8.97. The third-order valence-corrected chi connectivity index (χ3v) is 2.34. The van der Waals surface area contributed by atoms with Crippen molar-refractivity contribution in [2.24, 2.45) is 0 Å². The van der Waals surface area contributed by atoms with Gasteiger partial charge < -0.3 is 8.60 Å². The number of hydrogen-bond donors (Lipinski definition) is 0. The first-order chi connectivity index (χ1) is 6.74. The molecule has 76 valence electrons. The second kappa shape index (κ2) is 5.54. The molecule has 0 unspecified atom stereocenters. The van der Waals surface area contributed by atoms with Gasteiger partial charge in [-0.3, -0.25) is 0 Å². The second-order valence-electron chi connectivity index (χ2n) is 2.68. The molecule has 4 heteroatoms. The lowest BCUT2D eigenvalue weighted by atomic mass is 10.3. The van der Waals surface area contributed by atoms with E-state index in [0.717, 1.165) is 17.8 Å². The Bertz CT molecular complexity index is 314. The average molecular weight is 212 g/mol. The Morgan fingerprint density at radius 2 is 2.50 bits per heavy atom. The summed E-state index contributed by atoms with van der Waals surface area (Å²) in [6.45, 7) is 3.52. The molecule has 3 nitrogen and oxygen atoms in total. The van der Waals surface area contributed by atoms with Gasteiger partial charge >= 0.3 is 5.97 Å². The minimum absolute atomic E-state index is 0.302. The third-order valence-electron chi connectivity index (χ3n) is 1.67. The molecule has 0 spiro atoms. The third kappa shape index (κ3) is 3.30. The van der Waals surface area contributed by atoms with E-state index in [9.17, 15) is 4.79 Å². The number of carbonyl (C=O) groups excluding carboxylic acids is 1. The fourth-order valence-electron chi connectivity index (χ4n) is 0.719. The highest BCUT2D eigenvalue weighted by Crippen LogP contribution is 2.15. The van der Waals surface area contributed by atoms with Gasteiger partial charge in [0.1, 0.15) is 5.76 Å². The molecule has 0 fully saturated rings. The first kappa shape index (κ1) is 10.9. The van der Waals surface area contributed by atoms with E-state index in [0.29, 0.717) is 11.3 Å². The second-order valence-corrected chi connectivity index (χ2v) is 3.38. The van der Waals surface area contributed by atoms with Crippen LogP contribution in [-0.2, 0) is 14.7 Å². The molecule has 0 aromatic carbocycles. The lowest BCUT2D eigenvalue weighted by Gasteiger charge is -2.00. The molecule has 1 heterocycles. The Morgan fingerprint density at radius 3 is 3.07 bits per heavy atom.